The van der Waals surface area contributed by atoms with Crippen molar-refractivity contribution in [3.8, 4) is 17.1 Å². The van der Waals surface area contributed by atoms with Crippen LogP contribution in [0.1, 0.15) is 18.2 Å². The van der Waals surface area contributed by atoms with Crippen LogP contribution in [-0.4, -0.2) is 33.5 Å². The van der Waals surface area contributed by atoms with E-state index < -0.39 is 0 Å². The van der Waals surface area contributed by atoms with Gasteiger partial charge in [-0.15, -0.1) is 10.2 Å². The summed E-state index contributed by atoms with van der Waals surface area (Å²) in [6, 6.07) is 9.49. The average Bonchev–Trinajstić information content (AvgIpc) is 3.30. The van der Waals surface area contributed by atoms with E-state index in [0.29, 0.717) is 18.2 Å². The molecule has 2 aromatic heterocycles. The van der Waals surface area contributed by atoms with E-state index >= 15 is 0 Å². The second-order valence-electron chi connectivity index (χ2n) is 5.85. The number of nitrogens with one attached hydrogen (secondary N) is 1. The predicted octanol–water partition coefficient (Wildman–Crippen LogP) is 3.28. The van der Waals surface area contributed by atoms with E-state index in [-0.39, 0.29) is 11.7 Å². The van der Waals surface area contributed by atoms with Crippen LogP contribution < -0.4 is 10.1 Å². The fourth-order valence-electron chi connectivity index (χ4n) is 2.62. The Morgan fingerprint density at radius 1 is 1.26 bits per heavy atom. The molecule has 0 aliphatic heterocycles. The first kappa shape index (κ1) is 19.0. The number of carbonyl (C=O) groups is 1. The Morgan fingerprint density at radius 2 is 2.04 bits per heavy atom. The molecule has 3 rings (SSSR count). The van der Waals surface area contributed by atoms with Crippen LogP contribution in [0.3, 0.4) is 0 Å². The van der Waals surface area contributed by atoms with E-state index in [4.69, 9.17) is 9.15 Å². The number of aryl methyl sites for hydroxylation is 1. The summed E-state index contributed by atoms with van der Waals surface area (Å²) in [5.74, 6) is 2.57. The third kappa shape index (κ3) is 4.51. The molecule has 1 N–H and O–H groups in total. The number of nitrogens with zero attached hydrogens (tertiary/aromatic N) is 3. The van der Waals surface area contributed by atoms with Gasteiger partial charge in [-0.25, -0.2) is 0 Å². The summed E-state index contributed by atoms with van der Waals surface area (Å²) < 4.78 is 12.5. The van der Waals surface area contributed by atoms with Crippen LogP contribution in [0.25, 0.3) is 11.4 Å². The van der Waals surface area contributed by atoms with Gasteiger partial charge < -0.3 is 19.0 Å². The molecule has 0 saturated heterocycles. The van der Waals surface area contributed by atoms with Crippen LogP contribution in [0.4, 0.5) is 0 Å². The summed E-state index contributed by atoms with van der Waals surface area (Å²) in [5, 5.41) is 12.1. The summed E-state index contributed by atoms with van der Waals surface area (Å²) in [5.41, 5.74) is 1.93. The molecule has 142 valence electrons. The van der Waals surface area contributed by atoms with Crippen LogP contribution in [0, 0.1) is 6.92 Å². The summed E-state index contributed by atoms with van der Waals surface area (Å²) in [7, 11) is 1.63. The van der Waals surface area contributed by atoms with Crippen LogP contribution >= 0.6 is 11.8 Å². The Balaban J connectivity index is 1.57. The van der Waals surface area contributed by atoms with Gasteiger partial charge in [0.05, 0.1) is 24.7 Å². The first-order chi connectivity index (χ1) is 13.1. The SMILES string of the molecule is CCn1c(SCC(=O)NCc2ccc(OC)cc2)nnc1-c1ccoc1C. The maximum atomic E-state index is 12.2. The molecule has 0 radical (unpaired) electrons. The van der Waals surface area contributed by atoms with Gasteiger partial charge in [0.1, 0.15) is 11.5 Å². The van der Waals surface area contributed by atoms with Gasteiger partial charge in [-0.1, -0.05) is 23.9 Å². The largest absolute Gasteiger partial charge is 0.497 e. The maximum absolute atomic E-state index is 12.2. The number of benzene rings is 1. The van der Waals surface area contributed by atoms with Crippen LogP contribution in [0.15, 0.2) is 46.2 Å². The number of furan rings is 1. The van der Waals surface area contributed by atoms with Crippen molar-refractivity contribution >= 4 is 17.7 Å². The van der Waals surface area contributed by atoms with Crippen molar-refractivity contribution in [2.75, 3.05) is 12.9 Å². The highest BCUT2D eigenvalue weighted by Gasteiger charge is 2.17. The van der Waals surface area contributed by atoms with Crippen molar-refractivity contribution in [2.45, 2.75) is 32.1 Å². The zero-order chi connectivity index (χ0) is 19.2. The summed E-state index contributed by atoms with van der Waals surface area (Å²) in [4.78, 5) is 12.2. The topological polar surface area (TPSA) is 82.2 Å². The maximum Gasteiger partial charge on any atom is 0.230 e. The molecule has 0 spiro atoms. The summed E-state index contributed by atoms with van der Waals surface area (Å²) in [6.45, 7) is 5.10. The molecular formula is C19H22N4O3S. The Labute approximate surface area is 162 Å². The third-order valence-corrected chi connectivity index (χ3v) is 5.08. The standard InChI is InChI=1S/C19H22N4O3S/c1-4-23-18(16-9-10-26-13(16)2)21-22-19(23)27-12-17(24)20-11-14-5-7-15(25-3)8-6-14/h5-10H,4,11-12H2,1-3H3,(H,20,24). The van der Waals surface area contributed by atoms with Gasteiger partial charge in [0.25, 0.3) is 0 Å². The Hall–Kier alpha value is -2.74. The first-order valence-corrected chi connectivity index (χ1v) is 9.61. The zero-order valence-corrected chi connectivity index (χ0v) is 16.4. The molecule has 8 heteroatoms. The predicted molar refractivity (Wildman–Crippen MR) is 104 cm³/mol. The van der Waals surface area contributed by atoms with E-state index in [1.54, 1.807) is 13.4 Å². The lowest BCUT2D eigenvalue weighted by molar-refractivity contribution is -0.118. The first-order valence-electron chi connectivity index (χ1n) is 8.62. The van der Waals surface area contributed by atoms with Crippen molar-refractivity contribution in [1.82, 2.24) is 20.1 Å². The zero-order valence-electron chi connectivity index (χ0n) is 15.6. The lowest BCUT2D eigenvalue weighted by atomic mass is 10.2. The highest BCUT2D eigenvalue weighted by atomic mass is 32.2. The molecular weight excluding hydrogens is 364 g/mol. The number of aromatic nitrogens is 3. The van der Waals surface area contributed by atoms with Crippen molar-refractivity contribution < 1.29 is 13.9 Å². The van der Waals surface area contributed by atoms with E-state index in [2.05, 4.69) is 15.5 Å². The van der Waals surface area contributed by atoms with Crippen LogP contribution in [0.2, 0.25) is 0 Å². The second-order valence-corrected chi connectivity index (χ2v) is 6.80. The molecule has 0 aliphatic carbocycles. The minimum absolute atomic E-state index is 0.0532. The molecule has 0 fully saturated rings. The van der Waals surface area contributed by atoms with Crippen LogP contribution in [0.5, 0.6) is 5.75 Å². The molecule has 7 nitrogen and oxygen atoms in total. The number of thioether (sulfide) groups is 1. The van der Waals surface area contributed by atoms with Gasteiger partial charge in [-0.3, -0.25) is 4.79 Å². The highest BCUT2D eigenvalue weighted by Crippen LogP contribution is 2.26. The Kier molecular flexibility index (Phi) is 6.18. The van der Waals surface area contributed by atoms with Crippen LogP contribution in [-0.2, 0) is 17.9 Å². The van der Waals surface area contributed by atoms with Gasteiger partial charge >= 0.3 is 0 Å². The number of hydrogen-bond donors (Lipinski definition) is 1. The van der Waals surface area contributed by atoms with Gasteiger partial charge in [0.15, 0.2) is 11.0 Å². The molecule has 0 atom stereocenters. The minimum atomic E-state index is -0.0532. The average molecular weight is 386 g/mol. The van der Waals surface area contributed by atoms with Gasteiger partial charge in [0, 0.05) is 13.1 Å². The fourth-order valence-corrected chi connectivity index (χ4v) is 3.45. The number of rotatable bonds is 8. The summed E-state index contributed by atoms with van der Waals surface area (Å²) in [6.07, 6.45) is 1.64. The van der Waals surface area contributed by atoms with Gasteiger partial charge in [-0.2, -0.15) is 0 Å². The van der Waals surface area contributed by atoms with E-state index in [1.807, 2.05) is 48.7 Å². The molecule has 2 heterocycles. The lowest BCUT2D eigenvalue weighted by Gasteiger charge is -2.08. The third-order valence-electron chi connectivity index (χ3n) is 4.11. The molecule has 3 aromatic rings. The van der Waals surface area contributed by atoms with Gasteiger partial charge in [-0.05, 0) is 37.6 Å². The van der Waals surface area contributed by atoms with E-state index in [1.165, 1.54) is 11.8 Å². The molecule has 0 aliphatic rings. The Bertz CT molecular complexity index is 902. The molecule has 0 bridgehead atoms. The van der Waals surface area contributed by atoms with Crippen molar-refractivity contribution in [1.29, 1.82) is 0 Å². The highest BCUT2D eigenvalue weighted by molar-refractivity contribution is 7.99. The van der Waals surface area contributed by atoms with E-state index in [0.717, 1.165) is 28.5 Å². The molecule has 1 amide bonds. The van der Waals surface area contributed by atoms with Gasteiger partial charge in [0.2, 0.25) is 5.91 Å². The normalized spacial score (nSPS) is 10.8. The molecule has 0 unspecified atom stereocenters. The summed E-state index contributed by atoms with van der Waals surface area (Å²) >= 11 is 1.37. The number of ether oxygens (including phenoxy) is 1. The second kappa shape index (κ2) is 8.77. The monoisotopic (exact) mass is 386 g/mol. The quantitative estimate of drug-likeness (QED) is 0.598. The number of methoxy groups -OCH3 is 1. The molecule has 0 saturated carbocycles. The Morgan fingerprint density at radius 3 is 2.67 bits per heavy atom. The van der Waals surface area contributed by atoms with E-state index in [9.17, 15) is 4.79 Å². The fraction of sp³-hybridized carbons (Fsp3) is 0.316. The smallest absolute Gasteiger partial charge is 0.230 e. The van der Waals surface area contributed by atoms with Crippen molar-refractivity contribution in [2.24, 2.45) is 0 Å². The number of amides is 1. The lowest BCUT2D eigenvalue weighted by Crippen LogP contribution is -2.24. The number of hydrogen-bond acceptors (Lipinski definition) is 6. The molecule has 1 aromatic carbocycles. The van der Waals surface area contributed by atoms with Crippen molar-refractivity contribution in [3.05, 3.63) is 47.9 Å². The molecule has 27 heavy (non-hydrogen) atoms. The minimum Gasteiger partial charge on any atom is -0.497 e. The number of carbonyl (C=O) groups excluding carboxylic acids is 1. The van der Waals surface area contributed by atoms with Crippen molar-refractivity contribution in [3.63, 3.8) is 0 Å².